The number of nitrogens with zero attached hydrogens (tertiary/aromatic N) is 1. The first-order valence-electron chi connectivity index (χ1n) is 23.4. The van der Waals surface area contributed by atoms with E-state index >= 15 is 0 Å². The summed E-state index contributed by atoms with van der Waals surface area (Å²) in [5.41, 5.74) is 0. The number of esters is 1. The van der Waals surface area contributed by atoms with Crippen molar-refractivity contribution in [1.82, 2.24) is 4.90 Å². The van der Waals surface area contributed by atoms with Gasteiger partial charge in [0.1, 0.15) is 18.0 Å². The molecule has 19 atom stereocenters. The molecule has 2 saturated heterocycles. The van der Waals surface area contributed by atoms with Crippen LogP contribution in [0, 0.1) is 17.8 Å². The van der Waals surface area contributed by atoms with Gasteiger partial charge in [-0.2, -0.15) is 0 Å². The van der Waals surface area contributed by atoms with Crippen LogP contribution in [0.15, 0.2) is 85.1 Å². The van der Waals surface area contributed by atoms with E-state index in [4.69, 9.17) is 18.9 Å². The molecular formula is C50H79NO16. The van der Waals surface area contributed by atoms with Gasteiger partial charge in [-0.3, -0.25) is 9.59 Å². The van der Waals surface area contributed by atoms with E-state index in [1.807, 2.05) is 55.5 Å². The van der Waals surface area contributed by atoms with Gasteiger partial charge >= 0.3 is 5.97 Å². The average molecular weight is 950 g/mol. The van der Waals surface area contributed by atoms with Crippen molar-refractivity contribution in [3.05, 3.63) is 85.1 Å². The van der Waals surface area contributed by atoms with Crippen LogP contribution in [-0.2, 0) is 28.5 Å². The third-order valence-electron chi connectivity index (χ3n) is 12.7. The molecule has 3 heterocycles. The molecule has 3 unspecified atom stereocenters. The molecule has 17 nitrogen and oxygen atoms in total. The molecule has 17 heteroatoms. The van der Waals surface area contributed by atoms with E-state index in [9.17, 15) is 60.7 Å². The molecule has 0 aromatic heterocycles. The smallest absolute Gasteiger partial charge is 0.308 e. The number of likely N-dealkylation sites (N-methyl/N-ethyl adjacent to an activating group) is 1. The lowest BCUT2D eigenvalue weighted by atomic mass is 9.81. The predicted octanol–water partition coefficient (Wildman–Crippen LogP) is 1.82. The number of allylic oxidation sites excluding steroid dienone is 12. The lowest BCUT2D eigenvalue weighted by Gasteiger charge is -2.46. The Hall–Kier alpha value is -3.24. The molecule has 2 bridgehead atoms. The van der Waals surface area contributed by atoms with Crippen molar-refractivity contribution in [2.24, 2.45) is 17.8 Å². The lowest BCUT2D eigenvalue weighted by molar-refractivity contribution is -0.310. The van der Waals surface area contributed by atoms with E-state index in [0.717, 1.165) is 0 Å². The topological polar surface area (TPSA) is 277 Å². The summed E-state index contributed by atoms with van der Waals surface area (Å²) in [6.45, 7) is 8.17. The minimum atomic E-state index is -2.21. The third-order valence-corrected chi connectivity index (χ3v) is 12.7. The zero-order valence-corrected chi connectivity index (χ0v) is 40.0. The molecule has 0 aromatic rings. The number of fused-ring (bicyclic) bond motifs is 2. The van der Waals surface area contributed by atoms with E-state index in [2.05, 4.69) is 0 Å². The number of Topliss-reactive ketones (excluding diaryl/α,β-unsaturated/α-hetero) is 1. The normalized spacial score (nSPS) is 44.6. The number of carbonyl (C=O) groups is 2. The molecule has 10 N–H and O–H groups in total. The van der Waals surface area contributed by atoms with Crippen molar-refractivity contribution in [2.45, 2.75) is 183 Å². The fourth-order valence-corrected chi connectivity index (χ4v) is 8.73. The molecule has 3 rings (SSSR count). The Labute approximate surface area is 395 Å². The number of hydrogen-bond donors (Lipinski definition) is 10. The van der Waals surface area contributed by atoms with E-state index in [-0.39, 0.29) is 31.6 Å². The van der Waals surface area contributed by atoms with Crippen LogP contribution in [0.5, 0.6) is 0 Å². The summed E-state index contributed by atoms with van der Waals surface area (Å²) in [7, 11) is 3.40. The van der Waals surface area contributed by atoms with E-state index in [1.165, 1.54) is 6.92 Å². The summed E-state index contributed by atoms with van der Waals surface area (Å²) >= 11 is 0. The minimum absolute atomic E-state index is 0.0796. The average Bonchev–Trinajstić information content (AvgIpc) is 3.22. The number of cyclic esters (lactones) is 1. The van der Waals surface area contributed by atoms with Gasteiger partial charge in [0, 0.05) is 37.5 Å². The van der Waals surface area contributed by atoms with Gasteiger partial charge < -0.3 is 74.9 Å². The number of hydrogen-bond acceptors (Lipinski definition) is 17. The summed E-state index contributed by atoms with van der Waals surface area (Å²) in [5, 5.41) is 110. The fraction of sp³-hybridized carbons (Fsp3) is 0.680. The van der Waals surface area contributed by atoms with Gasteiger partial charge in [0.15, 0.2) is 12.1 Å². The van der Waals surface area contributed by atoms with Gasteiger partial charge in [-0.15, -0.1) is 0 Å². The van der Waals surface area contributed by atoms with Crippen LogP contribution in [-0.4, -0.2) is 179 Å². The number of ketones is 1. The second-order valence-corrected chi connectivity index (χ2v) is 18.7. The van der Waals surface area contributed by atoms with Gasteiger partial charge in [-0.05, 0) is 54.1 Å². The van der Waals surface area contributed by atoms with Gasteiger partial charge in [0.05, 0.1) is 85.5 Å². The van der Waals surface area contributed by atoms with E-state index in [0.29, 0.717) is 0 Å². The maximum atomic E-state index is 13.0. The van der Waals surface area contributed by atoms with Crippen molar-refractivity contribution in [3.63, 3.8) is 0 Å². The zero-order valence-electron chi connectivity index (χ0n) is 40.0. The van der Waals surface area contributed by atoms with Crippen molar-refractivity contribution < 1.29 is 79.6 Å². The number of rotatable bonds is 4. The van der Waals surface area contributed by atoms with Gasteiger partial charge in [-0.1, -0.05) is 98.9 Å². The number of aliphatic hydroxyl groups is 10. The zero-order chi connectivity index (χ0) is 50.0. The Morgan fingerprint density at radius 3 is 1.79 bits per heavy atom. The largest absolute Gasteiger partial charge is 0.462 e. The van der Waals surface area contributed by atoms with E-state index < -0.39 is 147 Å². The summed E-state index contributed by atoms with van der Waals surface area (Å²) in [5.74, 6) is -5.20. The van der Waals surface area contributed by atoms with Crippen LogP contribution in [0.3, 0.4) is 0 Å². The van der Waals surface area contributed by atoms with E-state index in [1.54, 1.807) is 76.2 Å². The van der Waals surface area contributed by atoms with Crippen molar-refractivity contribution in [3.8, 4) is 0 Å². The monoisotopic (exact) mass is 950 g/mol. The van der Waals surface area contributed by atoms with Crippen molar-refractivity contribution in [2.75, 3.05) is 14.1 Å². The van der Waals surface area contributed by atoms with Gasteiger partial charge in [-0.25, -0.2) is 0 Å². The molecule has 0 aromatic carbocycles. The first-order valence-corrected chi connectivity index (χ1v) is 23.4. The molecule has 0 aliphatic carbocycles. The molecular weight excluding hydrogens is 871 g/mol. The van der Waals surface area contributed by atoms with Crippen LogP contribution in [0.4, 0.5) is 0 Å². The highest BCUT2D eigenvalue weighted by Crippen LogP contribution is 2.38. The van der Waals surface area contributed by atoms with Crippen LogP contribution in [0.25, 0.3) is 0 Å². The summed E-state index contributed by atoms with van der Waals surface area (Å²) in [6.07, 6.45) is 6.17. The number of carbonyl (C=O) groups excluding carboxylic acids is 2. The lowest BCUT2D eigenvalue weighted by Crippen LogP contribution is -2.62. The maximum Gasteiger partial charge on any atom is 0.308 e. The first kappa shape index (κ1) is 58.1. The fourth-order valence-electron chi connectivity index (χ4n) is 8.73. The van der Waals surface area contributed by atoms with Crippen LogP contribution in [0.1, 0.15) is 86.0 Å². The highest BCUT2D eigenvalue weighted by molar-refractivity contribution is 5.79. The molecule has 0 saturated carbocycles. The maximum absolute atomic E-state index is 13.0. The Kier molecular flexibility index (Phi) is 24.6. The first-order chi connectivity index (χ1) is 31.5. The highest BCUT2D eigenvalue weighted by atomic mass is 16.7. The Bertz CT molecular complexity index is 1710. The molecule has 380 valence electrons. The minimum Gasteiger partial charge on any atom is -0.462 e. The molecule has 0 amide bonds. The Morgan fingerprint density at radius 2 is 1.22 bits per heavy atom. The predicted molar refractivity (Wildman–Crippen MR) is 250 cm³/mol. The number of ether oxygens (including phenoxy) is 4. The highest BCUT2D eigenvalue weighted by Gasteiger charge is 2.50. The van der Waals surface area contributed by atoms with Crippen LogP contribution < -0.4 is 0 Å². The Morgan fingerprint density at radius 1 is 0.657 bits per heavy atom. The molecule has 67 heavy (non-hydrogen) atoms. The summed E-state index contributed by atoms with van der Waals surface area (Å²) in [4.78, 5) is 27.3. The van der Waals surface area contributed by atoms with Crippen LogP contribution >= 0.6 is 0 Å². The molecule has 2 fully saturated rings. The van der Waals surface area contributed by atoms with Gasteiger partial charge in [0.2, 0.25) is 0 Å². The second-order valence-electron chi connectivity index (χ2n) is 18.7. The second kappa shape index (κ2) is 28.4. The van der Waals surface area contributed by atoms with Crippen LogP contribution in [0.2, 0.25) is 0 Å². The standard InChI is InChI=1S/C50H79NO16/c1-30-20-18-16-14-12-10-8-9-11-13-15-17-19-21-38(66-49-48(62)45(51(6)7)47(61)34(5)65-49)27-42-44(32(3)52)41(58)29-50(63,67-42)28-37(55)25-40(57)39(56)23-22-35(53)24-36(54)26-43(59)64-33(4)31(2)46(30)60/h8-21,30-31,33-42,44-49,53-58,60-63H,22-29H2,1-7H3/b9-8+,12-10+,13-11+,16-14+,17-15+,20-18+,21-19+/t30-,31-,33-,34+,35+,36+,37-,38-,39+,40+,41-,42?,44?,45-,46+,47+,48-,49?,50+/m0/s1. The molecule has 3 aliphatic rings. The number of aliphatic hydroxyl groups excluding tert-OH is 9. The Balaban J connectivity index is 1.89. The molecule has 3 aliphatic heterocycles. The van der Waals surface area contributed by atoms with Crippen molar-refractivity contribution in [1.29, 1.82) is 0 Å². The molecule has 0 radical (unpaired) electrons. The van der Waals surface area contributed by atoms with Crippen molar-refractivity contribution >= 4 is 11.8 Å². The quantitative estimate of drug-likeness (QED) is 0.180. The summed E-state index contributed by atoms with van der Waals surface area (Å²) < 4.78 is 23.8. The molecule has 0 spiro atoms. The third kappa shape index (κ3) is 19.2. The summed E-state index contributed by atoms with van der Waals surface area (Å²) in [6, 6.07) is -0.756. The van der Waals surface area contributed by atoms with Gasteiger partial charge in [0.25, 0.3) is 0 Å². The SMILES string of the molecule is CC(=O)C1C2C[C@@H](OC3O[C@H](C)[C@@H](O)[C@H](N(C)C)[C@@H]3O)/C=C/C=C/C=C/C=C/C=C/C=C/C=C/[C@H](C)[C@@H](O)[C@@H](C)[C@H](C)OC(=O)C[C@H](O)C[C@H](O)CC[C@@H](O)[C@H](O)C[C@H](O)C[C@](O)(C[C@@H]1O)O2.